The molecule has 0 saturated heterocycles. The molecule has 0 aromatic heterocycles. The van der Waals surface area contributed by atoms with Crippen LogP contribution in [0.15, 0.2) is 12.1 Å². The molecule has 1 aromatic carbocycles. The summed E-state index contributed by atoms with van der Waals surface area (Å²) in [6.45, 7) is -0.111. The van der Waals surface area contributed by atoms with Crippen LogP contribution in [0.1, 0.15) is 17.5 Å². The topological polar surface area (TPSA) is 40.5 Å². The van der Waals surface area contributed by atoms with Gasteiger partial charge in [0.25, 0.3) is 0 Å². The quantitative estimate of drug-likeness (QED) is 0.871. The van der Waals surface area contributed by atoms with Crippen LogP contribution in [0.4, 0.5) is 13.2 Å². The highest BCUT2D eigenvalue weighted by atomic mass is 35.5. The Balaban J connectivity index is 3.12. The van der Waals surface area contributed by atoms with Crippen molar-refractivity contribution < 1.29 is 23.4 Å². The average Bonchev–Trinajstić information content (AvgIpc) is 2.17. The third-order valence-electron chi connectivity index (χ3n) is 2.05. The zero-order valence-electron chi connectivity index (χ0n) is 8.18. The first-order chi connectivity index (χ1) is 7.36. The number of aliphatic hydroxyl groups is 1. The molecule has 0 unspecified atom stereocenters. The van der Waals surface area contributed by atoms with Crippen molar-refractivity contribution in [2.75, 3.05) is 6.61 Å². The largest absolute Gasteiger partial charge is 0.506 e. The lowest BCUT2D eigenvalue weighted by molar-refractivity contribution is -0.138. The van der Waals surface area contributed by atoms with Crippen LogP contribution in [0, 0.1) is 0 Å². The van der Waals surface area contributed by atoms with E-state index in [-0.39, 0.29) is 18.1 Å². The fraction of sp³-hybridized carbons (Fsp3) is 0.400. The number of phenols is 1. The molecule has 0 aliphatic rings. The van der Waals surface area contributed by atoms with Crippen LogP contribution in [0.25, 0.3) is 0 Å². The van der Waals surface area contributed by atoms with Gasteiger partial charge in [-0.15, -0.1) is 0 Å². The van der Waals surface area contributed by atoms with Gasteiger partial charge in [-0.05, 0) is 30.5 Å². The highest BCUT2D eigenvalue weighted by Gasteiger charge is 2.35. The van der Waals surface area contributed by atoms with E-state index in [0.29, 0.717) is 12.0 Å². The molecule has 0 heterocycles. The van der Waals surface area contributed by atoms with E-state index in [9.17, 15) is 18.3 Å². The lowest BCUT2D eigenvalue weighted by Crippen LogP contribution is -2.06. The molecule has 0 saturated carbocycles. The lowest BCUT2D eigenvalue weighted by atomic mass is 10.1. The molecular formula is C10H10ClF3O2. The number of alkyl halides is 3. The summed E-state index contributed by atoms with van der Waals surface area (Å²) in [5, 5.41) is 17.4. The van der Waals surface area contributed by atoms with Gasteiger partial charge in [-0.2, -0.15) is 13.2 Å². The zero-order chi connectivity index (χ0) is 12.3. The predicted molar refractivity (Wildman–Crippen MR) is 53.5 cm³/mol. The summed E-state index contributed by atoms with van der Waals surface area (Å²) in [6.07, 6.45) is -4.01. The summed E-state index contributed by atoms with van der Waals surface area (Å²) in [5.41, 5.74) is -0.808. The average molecular weight is 255 g/mol. The van der Waals surface area contributed by atoms with E-state index in [1.165, 1.54) is 6.07 Å². The van der Waals surface area contributed by atoms with Crippen molar-refractivity contribution in [3.8, 4) is 5.75 Å². The van der Waals surface area contributed by atoms with E-state index in [0.717, 1.165) is 6.07 Å². The minimum absolute atomic E-state index is 0.111. The Morgan fingerprint density at radius 2 is 1.88 bits per heavy atom. The van der Waals surface area contributed by atoms with Crippen molar-refractivity contribution in [2.24, 2.45) is 0 Å². The van der Waals surface area contributed by atoms with Crippen molar-refractivity contribution in [1.29, 1.82) is 0 Å². The van der Waals surface area contributed by atoms with Gasteiger partial charge < -0.3 is 10.2 Å². The molecule has 0 spiro atoms. The molecule has 0 atom stereocenters. The molecule has 16 heavy (non-hydrogen) atoms. The highest BCUT2D eigenvalue weighted by Crippen LogP contribution is 2.40. The molecule has 0 radical (unpaired) electrons. The van der Waals surface area contributed by atoms with E-state index in [1.807, 2.05) is 0 Å². The summed E-state index contributed by atoms with van der Waals surface area (Å²) in [6, 6.07) is 2.11. The third kappa shape index (κ3) is 3.02. The number of hydrogen-bond donors (Lipinski definition) is 2. The summed E-state index contributed by atoms with van der Waals surface area (Å²) >= 11 is 5.49. The maximum absolute atomic E-state index is 12.5. The number of aryl methyl sites for hydroxylation is 1. The summed E-state index contributed by atoms with van der Waals surface area (Å²) in [5.74, 6) is -0.957. The Hall–Kier alpha value is -0.940. The van der Waals surface area contributed by atoms with Crippen LogP contribution in [0.5, 0.6) is 5.75 Å². The fourth-order valence-electron chi connectivity index (χ4n) is 1.30. The number of rotatable bonds is 3. The summed E-state index contributed by atoms with van der Waals surface area (Å²) < 4.78 is 37.4. The molecular weight excluding hydrogens is 245 g/mol. The van der Waals surface area contributed by atoms with Crippen LogP contribution in [-0.4, -0.2) is 16.8 Å². The Kier molecular flexibility index (Phi) is 4.04. The first-order valence-electron chi connectivity index (χ1n) is 4.55. The Morgan fingerprint density at radius 3 is 2.38 bits per heavy atom. The summed E-state index contributed by atoms with van der Waals surface area (Å²) in [4.78, 5) is 0. The Labute approximate surface area is 95.3 Å². The molecule has 0 amide bonds. The maximum Gasteiger partial charge on any atom is 0.420 e. The second-order valence-electron chi connectivity index (χ2n) is 3.30. The van der Waals surface area contributed by atoms with Gasteiger partial charge in [0.05, 0.1) is 10.6 Å². The van der Waals surface area contributed by atoms with E-state index in [4.69, 9.17) is 16.7 Å². The maximum atomic E-state index is 12.5. The van der Waals surface area contributed by atoms with Crippen LogP contribution in [0.2, 0.25) is 5.02 Å². The van der Waals surface area contributed by atoms with Crippen molar-refractivity contribution >= 4 is 11.6 Å². The fourth-order valence-corrected chi connectivity index (χ4v) is 1.54. The van der Waals surface area contributed by atoms with Gasteiger partial charge in [-0.25, -0.2) is 0 Å². The summed E-state index contributed by atoms with van der Waals surface area (Å²) in [7, 11) is 0. The van der Waals surface area contributed by atoms with Gasteiger partial charge in [0.15, 0.2) is 0 Å². The van der Waals surface area contributed by atoms with Gasteiger partial charge in [-0.3, -0.25) is 0 Å². The molecule has 0 aliphatic carbocycles. The van der Waals surface area contributed by atoms with Gasteiger partial charge in [0.2, 0.25) is 0 Å². The number of aliphatic hydroxyl groups excluding tert-OH is 1. The first kappa shape index (κ1) is 13.1. The van der Waals surface area contributed by atoms with Crippen molar-refractivity contribution in [3.63, 3.8) is 0 Å². The third-order valence-corrected chi connectivity index (χ3v) is 2.34. The van der Waals surface area contributed by atoms with E-state index >= 15 is 0 Å². The van der Waals surface area contributed by atoms with E-state index in [1.54, 1.807) is 0 Å². The molecule has 6 heteroatoms. The second kappa shape index (κ2) is 4.93. The Bertz CT molecular complexity index is 377. The number of hydrogen-bond acceptors (Lipinski definition) is 2. The number of aromatic hydroxyl groups is 1. The molecule has 0 fully saturated rings. The molecule has 90 valence electrons. The predicted octanol–water partition coefficient (Wildman–Crippen LogP) is 2.99. The van der Waals surface area contributed by atoms with Crippen LogP contribution in [-0.2, 0) is 12.6 Å². The molecule has 2 N–H and O–H groups in total. The second-order valence-corrected chi connectivity index (χ2v) is 3.71. The number of benzene rings is 1. The van der Waals surface area contributed by atoms with Gasteiger partial charge in [0, 0.05) is 6.61 Å². The Morgan fingerprint density at radius 1 is 1.25 bits per heavy atom. The van der Waals surface area contributed by atoms with Crippen LogP contribution < -0.4 is 0 Å². The van der Waals surface area contributed by atoms with Gasteiger partial charge in [-0.1, -0.05) is 11.6 Å². The monoisotopic (exact) mass is 254 g/mol. The normalized spacial score (nSPS) is 11.8. The van der Waals surface area contributed by atoms with Crippen LogP contribution in [0.3, 0.4) is 0 Å². The molecule has 0 aliphatic heterocycles. The minimum atomic E-state index is -4.64. The standard InChI is InChI=1S/C10H10ClF3O2/c11-8-5-6(2-1-3-15)4-7(9(8)16)10(12,13)14/h4-5,15-16H,1-3H2. The number of halogens is 4. The van der Waals surface area contributed by atoms with Gasteiger partial charge >= 0.3 is 6.18 Å². The van der Waals surface area contributed by atoms with E-state index < -0.39 is 17.5 Å². The van der Waals surface area contributed by atoms with Crippen molar-refractivity contribution in [1.82, 2.24) is 0 Å². The van der Waals surface area contributed by atoms with Gasteiger partial charge in [0.1, 0.15) is 5.75 Å². The smallest absolute Gasteiger partial charge is 0.420 e. The van der Waals surface area contributed by atoms with Crippen molar-refractivity contribution in [3.05, 3.63) is 28.3 Å². The first-order valence-corrected chi connectivity index (χ1v) is 4.93. The molecule has 0 bridgehead atoms. The molecule has 1 rings (SSSR count). The highest BCUT2D eigenvalue weighted by molar-refractivity contribution is 6.32. The SMILES string of the molecule is OCCCc1cc(Cl)c(O)c(C(F)(F)F)c1. The van der Waals surface area contributed by atoms with Crippen molar-refractivity contribution in [2.45, 2.75) is 19.0 Å². The zero-order valence-corrected chi connectivity index (χ0v) is 8.94. The number of phenolic OH excluding ortho intramolecular Hbond substituents is 1. The lowest BCUT2D eigenvalue weighted by Gasteiger charge is -2.12. The van der Waals surface area contributed by atoms with E-state index in [2.05, 4.69) is 0 Å². The molecule has 1 aromatic rings. The minimum Gasteiger partial charge on any atom is -0.506 e. The van der Waals surface area contributed by atoms with Crippen LogP contribution >= 0.6 is 11.6 Å². The molecule has 2 nitrogen and oxygen atoms in total.